The Hall–Kier alpha value is -0.250. The largest absolute Gasteiger partial charge is 0.462 e. The van der Waals surface area contributed by atoms with Crippen molar-refractivity contribution < 1.29 is 38.4 Å². The minimum Gasteiger partial charge on any atom is -0.462 e. The van der Waals surface area contributed by atoms with E-state index in [4.69, 9.17) is 15.6 Å². The van der Waals surface area contributed by atoms with E-state index in [0.717, 1.165) is 0 Å². The van der Waals surface area contributed by atoms with E-state index in [0.29, 0.717) is 6.42 Å². The van der Waals surface area contributed by atoms with Crippen LogP contribution in [0.3, 0.4) is 0 Å². The van der Waals surface area contributed by atoms with Crippen LogP contribution in [0, 0.1) is 10.8 Å². The van der Waals surface area contributed by atoms with E-state index < -0.39 is 61.1 Å². The Bertz CT molecular complexity index is 566. The lowest BCUT2D eigenvalue weighted by Gasteiger charge is -2.33. The second-order valence-electron chi connectivity index (χ2n) is 7.49. The highest BCUT2D eigenvalue weighted by Crippen LogP contribution is 2.39. The molecule has 0 aromatic carbocycles. The molecule has 0 amide bonds. The van der Waals surface area contributed by atoms with Gasteiger partial charge in [0.1, 0.15) is 7.89 Å². The first kappa shape index (κ1) is 25.8. The molecule has 0 radical (unpaired) electrons. The van der Waals surface area contributed by atoms with Gasteiger partial charge in [0, 0.05) is 16.3 Å². The quantitative estimate of drug-likeness (QED) is 0.170. The van der Waals surface area contributed by atoms with Crippen molar-refractivity contribution in [3.05, 3.63) is 0 Å². The zero-order valence-electron chi connectivity index (χ0n) is 17.8. The molecule has 0 fully saturated rings. The van der Waals surface area contributed by atoms with Gasteiger partial charge < -0.3 is 24.6 Å². The molecule has 0 saturated heterocycles. The molecule has 8 nitrogen and oxygen atoms in total. The van der Waals surface area contributed by atoms with E-state index in [-0.39, 0.29) is 30.0 Å². The molecule has 0 aliphatic rings. The maximum atomic E-state index is 12.5. The number of esters is 1. The highest BCUT2D eigenvalue weighted by molar-refractivity contribution is 7.85. The van der Waals surface area contributed by atoms with Crippen LogP contribution in [0.4, 0.5) is 0 Å². The zero-order valence-corrected chi connectivity index (χ0v) is 19.4. The van der Waals surface area contributed by atoms with Gasteiger partial charge in [0.15, 0.2) is 0 Å². The lowest BCUT2D eigenvalue weighted by Crippen LogP contribution is -2.39. The maximum absolute atomic E-state index is 12.5. The molecule has 166 valence electrons. The second-order valence-corrected chi connectivity index (χ2v) is 10.6. The van der Waals surface area contributed by atoms with Gasteiger partial charge in [-0.2, -0.15) is 12.6 Å². The van der Waals surface area contributed by atoms with Crippen LogP contribution in [-0.4, -0.2) is 75.2 Å². The van der Waals surface area contributed by atoms with Crippen LogP contribution in [0.25, 0.3) is 0 Å². The summed E-state index contributed by atoms with van der Waals surface area (Å²) < 4.78 is 29.6. The van der Waals surface area contributed by atoms with Crippen molar-refractivity contribution in [3.63, 3.8) is 0 Å². The predicted octanol–water partition coefficient (Wildman–Crippen LogP) is 0.849. The van der Waals surface area contributed by atoms with Gasteiger partial charge in [-0.25, -0.2) is 0 Å². The van der Waals surface area contributed by atoms with Gasteiger partial charge in [-0.1, -0.05) is 6.92 Å². The molecule has 0 aromatic rings. The molecular weight excluding hydrogens is 427 g/mol. The number of carbonyl (C=O) groups excluding carboxylic acids is 2. The number of thiol groups is 1. The van der Waals surface area contributed by atoms with Gasteiger partial charge in [-0.05, 0) is 33.6 Å². The Morgan fingerprint density at radius 2 is 1.79 bits per heavy atom. The summed E-state index contributed by atoms with van der Waals surface area (Å²) >= 11 is 3.95. The van der Waals surface area contributed by atoms with Gasteiger partial charge >= 0.3 is 11.9 Å². The highest BCUT2D eigenvalue weighted by Gasteiger charge is 2.43. The van der Waals surface area contributed by atoms with Gasteiger partial charge in [0.2, 0.25) is 0 Å². The number of hydrogen-bond donors (Lipinski definition) is 4. The van der Waals surface area contributed by atoms with Gasteiger partial charge in [-0.15, -0.1) is 0 Å². The molecule has 0 saturated carbocycles. The molecule has 5 unspecified atom stereocenters. The van der Waals surface area contributed by atoms with Crippen LogP contribution < -0.4 is 0 Å². The topological polar surface area (TPSA) is 130 Å². The number of hydrogen-bond acceptors (Lipinski definition) is 9. The molecule has 0 aliphatic carbocycles. The number of aliphatic hydroxyl groups is 3. The predicted molar refractivity (Wildman–Crippen MR) is 113 cm³/mol. The number of aliphatic hydroxyl groups excluding tert-OH is 3. The van der Waals surface area contributed by atoms with Gasteiger partial charge in [-0.3, -0.25) is 13.8 Å². The average molecular weight is 462 g/mol. The van der Waals surface area contributed by atoms with Crippen molar-refractivity contribution in [2.75, 3.05) is 30.2 Å². The minimum absolute atomic E-state index is 0.120. The Kier molecular flexibility index (Phi) is 12.1. The fraction of sp³-hybridized carbons (Fsp3) is 0.882. The summed E-state index contributed by atoms with van der Waals surface area (Å²) in [4.78, 5) is 24.9. The third-order valence-corrected chi connectivity index (χ3v) is 6.51. The van der Waals surface area contributed by atoms with Crippen LogP contribution in [0.2, 0.25) is 0 Å². The fourth-order valence-electron chi connectivity index (χ4n) is 2.55. The van der Waals surface area contributed by atoms with E-state index in [1.54, 1.807) is 27.7 Å². The molecular formula is C17H33O8PS2. The number of rotatable bonds is 14. The molecule has 3 N–H and O–H groups in total. The van der Waals surface area contributed by atoms with E-state index in [9.17, 15) is 24.0 Å². The van der Waals surface area contributed by atoms with Gasteiger partial charge in [0.25, 0.3) is 0 Å². The minimum atomic E-state index is -1.72. The Balaban J connectivity index is 4.80. The van der Waals surface area contributed by atoms with Crippen molar-refractivity contribution in [2.24, 2.45) is 10.8 Å². The molecule has 28 heavy (non-hydrogen) atoms. The van der Waals surface area contributed by atoms with E-state index in [2.05, 4.69) is 12.6 Å². The molecule has 0 spiro atoms. The molecule has 0 heterocycles. The van der Waals surface area contributed by atoms with Crippen LogP contribution in [0.15, 0.2) is 0 Å². The Morgan fingerprint density at radius 1 is 1.21 bits per heavy atom. The summed E-state index contributed by atoms with van der Waals surface area (Å²) in [5.41, 5.74) is -1.93. The lowest BCUT2D eigenvalue weighted by atomic mass is 9.72. The Labute approximate surface area is 177 Å². The zero-order chi connectivity index (χ0) is 22.8. The highest BCUT2D eigenvalue weighted by atomic mass is 32.2. The third kappa shape index (κ3) is 9.98. The van der Waals surface area contributed by atoms with Crippen molar-refractivity contribution in [3.8, 4) is 0 Å². The molecule has 0 rings (SSSR count). The summed E-state index contributed by atoms with van der Waals surface area (Å²) in [5.74, 6) is -1.59. The van der Waals surface area contributed by atoms with Crippen LogP contribution in [-0.2, 0) is 29.6 Å². The monoisotopic (exact) mass is 461 g/mol. The fourth-order valence-corrected chi connectivity index (χ4v) is 4.32. The summed E-state index contributed by atoms with van der Waals surface area (Å²) in [6.07, 6.45) is -1.81. The van der Waals surface area contributed by atoms with Gasteiger partial charge in [0.05, 0.1) is 49.9 Å². The third-order valence-electron chi connectivity index (χ3n) is 4.24. The van der Waals surface area contributed by atoms with E-state index in [1.807, 2.05) is 0 Å². The smallest absolute Gasteiger partial charge is 0.314 e. The molecule has 0 aromatic heterocycles. The molecule has 11 heteroatoms. The van der Waals surface area contributed by atoms with Crippen LogP contribution in [0.5, 0.6) is 0 Å². The summed E-state index contributed by atoms with van der Waals surface area (Å²) in [5, 5.41) is 27.9. The second kappa shape index (κ2) is 13.1. The molecule has 0 bridgehead atoms. The standard InChI is InChI=1S/C17H33O8PS2/c1-5-17(4,15(22)25-26-11-27)10-16(2,3)14(21)24-7-13(20)9-28(23)8-12(19)6-18/h12-13,18-20,26-27H,5-11H2,1-4H3/i26D. The summed E-state index contributed by atoms with van der Waals surface area (Å²) in [6, 6.07) is 0. The summed E-state index contributed by atoms with van der Waals surface area (Å²) in [7, 11) is -3.30. The normalized spacial score (nSPS) is 18.9. The first-order chi connectivity index (χ1) is 13.3. The first-order valence-corrected chi connectivity index (χ1v) is 12.0. The maximum Gasteiger partial charge on any atom is 0.314 e. The van der Waals surface area contributed by atoms with Crippen molar-refractivity contribution in [1.29, 1.82) is 1.28 Å². The lowest BCUT2D eigenvalue weighted by molar-refractivity contribution is -0.161. The van der Waals surface area contributed by atoms with Crippen molar-refractivity contribution in [2.45, 2.75) is 52.7 Å². The van der Waals surface area contributed by atoms with Crippen molar-refractivity contribution >= 4 is 44.1 Å². The number of carbonyl (C=O) groups is 2. The molecule has 0 aliphatic heterocycles. The summed E-state index contributed by atoms with van der Waals surface area (Å²) in [6.45, 7) is 5.77. The van der Waals surface area contributed by atoms with Crippen LogP contribution in [0.1, 0.15) is 40.5 Å². The van der Waals surface area contributed by atoms with E-state index >= 15 is 0 Å². The number of ether oxygens (including phenoxy) is 1. The van der Waals surface area contributed by atoms with Crippen LogP contribution >= 0.6 is 21.4 Å². The Morgan fingerprint density at radius 3 is 2.29 bits per heavy atom. The SMILES string of the molecule is [2H]P(CS)OC(=O)C(C)(CC)CC(C)(C)C(=O)OCC(O)CS(=O)CC(O)CO. The average Bonchev–Trinajstić information content (AvgIpc) is 2.64. The molecule has 5 atom stereocenters. The van der Waals surface area contributed by atoms with E-state index in [1.165, 1.54) is 0 Å². The van der Waals surface area contributed by atoms with Crippen molar-refractivity contribution in [1.82, 2.24) is 0 Å². The first-order valence-electron chi connectivity index (χ1n) is 9.34.